The topological polar surface area (TPSA) is 78.1 Å². The Balaban J connectivity index is 1.49. The van der Waals surface area contributed by atoms with E-state index in [1.165, 1.54) is 12.1 Å². The third kappa shape index (κ3) is 4.76. The molecular formula is C32H38F6N2O4. The maximum absolute atomic E-state index is 14.8. The zero-order chi connectivity index (χ0) is 32.7. The number of aromatic nitrogens is 2. The van der Waals surface area contributed by atoms with Crippen molar-refractivity contribution in [2.75, 3.05) is 0 Å². The van der Waals surface area contributed by atoms with Crippen molar-refractivity contribution >= 4 is 21.5 Å². The number of fused-ring (bicyclic) bond motifs is 2. The van der Waals surface area contributed by atoms with Crippen molar-refractivity contribution in [2.24, 2.45) is 28.6 Å². The van der Waals surface area contributed by atoms with Crippen LogP contribution >= 0.6 is 0 Å². The lowest BCUT2D eigenvalue weighted by atomic mass is 9.55. The van der Waals surface area contributed by atoms with E-state index in [9.17, 15) is 45.5 Å². The van der Waals surface area contributed by atoms with Gasteiger partial charge in [-0.2, -0.15) is 26.3 Å². The van der Waals surface area contributed by atoms with Crippen molar-refractivity contribution in [3.8, 4) is 0 Å². The van der Waals surface area contributed by atoms with E-state index in [1.54, 1.807) is 13.8 Å². The van der Waals surface area contributed by atoms with Gasteiger partial charge in [0.1, 0.15) is 0 Å². The summed E-state index contributed by atoms with van der Waals surface area (Å²) < 4.78 is 90.9. The van der Waals surface area contributed by atoms with Gasteiger partial charge in [0, 0.05) is 12.1 Å². The van der Waals surface area contributed by atoms with Gasteiger partial charge >= 0.3 is 12.4 Å². The monoisotopic (exact) mass is 628 g/mol. The molecule has 2 heterocycles. The highest BCUT2D eigenvalue weighted by molar-refractivity contribution is 5.97. The van der Waals surface area contributed by atoms with E-state index in [0.29, 0.717) is 0 Å². The second-order valence-electron chi connectivity index (χ2n) is 14.3. The normalized spacial score (nSPS) is 24.5. The van der Waals surface area contributed by atoms with Gasteiger partial charge < -0.3 is 0 Å². The molecule has 2 aliphatic carbocycles. The fourth-order valence-corrected chi connectivity index (χ4v) is 8.44. The quantitative estimate of drug-likeness (QED) is 0.287. The van der Waals surface area contributed by atoms with Crippen LogP contribution in [-0.2, 0) is 0 Å². The van der Waals surface area contributed by atoms with Crippen molar-refractivity contribution in [1.29, 1.82) is 0 Å². The molecule has 242 valence electrons. The summed E-state index contributed by atoms with van der Waals surface area (Å²) in [6.07, 6.45) is -12.1. The summed E-state index contributed by atoms with van der Waals surface area (Å²) in [5.41, 5.74) is -6.83. The highest BCUT2D eigenvalue weighted by Crippen LogP contribution is 2.65. The minimum absolute atomic E-state index is 0.0181. The van der Waals surface area contributed by atoms with Gasteiger partial charge in [0.2, 0.25) is 0 Å². The van der Waals surface area contributed by atoms with Crippen molar-refractivity contribution in [1.82, 2.24) is 9.13 Å². The number of benzene rings is 1. The Bertz CT molecular complexity index is 1670. The summed E-state index contributed by atoms with van der Waals surface area (Å²) in [7, 11) is 0. The molecule has 0 spiro atoms. The Hall–Kier alpha value is -2.92. The van der Waals surface area contributed by atoms with Crippen LogP contribution in [0.2, 0.25) is 0 Å². The number of halogens is 6. The van der Waals surface area contributed by atoms with Gasteiger partial charge in [-0.1, -0.05) is 20.8 Å². The van der Waals surface area contributed by atoms with Crippen LogP contribution in [0, 0.1) is 28.6 Å². The zero-order valence-electron chi connectivity index (χ0n) is 25.5. The minimum Gasteiger partial charge on any atom is -0.272 e. The number of hydrogen-bond donors (Lipinski definition) is 0. The first-order valence-corrected chi connectivity index (χ1v) is 15.3. The number of rotatable bonds is 4. The molecule has 12 heteroatoms. The van der Waals surface area contributed by atoms with Crippen molar-refractivity contribution < 1.29 is 26.3 Å². The first kappa shape index (κ1) is 32.5. The molecule has 0 amide bonds. The van der Waals surface area contributed by atoms with Gasteiger partial charge in [0.15, 0.2) is 5.41 Å². The number of alkyl halides is 6. The molecule has 2 fully saturated rings. The summed E-state index contributed by atoms with van der Waals surface area (Å²) >= 11 is 0. The van der Waals surface area contributed by atoms with E-state index in [2.05, 4.69) is 0 Å². The van der Waals surface area contributed by atoms with Crippen LogP contribution in [0.1, 0.15) is 98.1 Å². The van der Waals surface area contributed by atoms with E-state index in [-0.39, 0.29) is 71.4 Å². The Morgan fingerprint density at radius 1 is 0.591 bits per heavy atom. The summed E-state index contributed by atoms with van der Waals surface area (Å²) in [4.78, 5) is 52.4. The van der Waals surface area contributed by atoms with Gasteiger partial charge in [-0.15, -0.1) is 0 Å². The molecule has 3 aromatic rings. The molecule has 0 atom stereocenters. The van der Waals surface area contributed by atoms with Crippen LogP contribution < -0.4 is 22.2 Å². The van der Waals surface area contributed by atoms with Crippen LogP contribution in [0.15, 0.2) is 31.3 Å². The fourth-order valence-electron chi connectivity index (χ4n) is 8.44. The van der Waals surface area contributed by atoms with E-state index >= 15 is 0 Å². The van der Waals surface area contributed by atoms with Gasteiger partial charge in [0.25, 0.3) is 22.2 Å². The summed E-state index contributed by atoms with van der Waals surface area (Å²) in [5, 5.41) is -0.234. The maximum atomic E-state index is 14.8. The molecule has 5 rings (SSSR count). The lowest BCUT2D eigenvalue weighted by Gasteiger charge is -2.52. The zero-order valence-corrected chi connectivity index (χ0v) is 25.5. The van der Waals surface area contributed by atoms with E-state index in [4.69, 9.17) is 0 Å². The lowest BCUT2D eigenvalue weighted by Crippen LogP contribution is -2.60. The van der Waals surface area contributed by atoms with Crippen molar-refractivity contribution in [3.05, 3.63) is 53.5 Å². The predicted octanol–water partition coefficient (Wildman–Crippen LogP) is 7.19. The van der Waals surface area contributed by atoms with Crippen molar-refractivity contribution in [3.63, 3.8) is 0 Å². The largest absolute Gasteiger partial charge is 0.403 e. The Morgan fingerprint density at radius 3 is 1.27 bits per heavy atom. The molecule has 2 saturated carbocycles. The van der Waals surface area contributed by atoms with Gasteiger partial charge in [0.05, 0.1) is 21.5 Å². The van der Waals surface area contributed by atoms with Crippen LogP contribution in [0.3, 0.4) is 0 Å². The molecular weight excluding hydrogens is 590 g/mol. The fraction of sp³-hybridized carbons (Fsp3) is 0.688. The molecule has 2 aromatic heterocycles. The summed E-state index contributed by atoms with van der Waals surface area (Å²) in [6, 6.07) is 1.05. The predicted molar refractivity (Wildman–Crippen MR) is 156 cm³/mol. The van der Waals surface area contributed by atoms with Crippen LogP contribution in [0.5, 0.6) is 0 Å². The molecule has 6 nitrogen and oxygen atoms in total. The molecule has 44 heavy (non-hydrogen) atoms. The minimum atomic E-state index is -5.53. The SMILES string of the molecule is CC(C)n1c(=O)c2cc3c(=O)n(C4CCC(C(C5CCC(C(C)(C)C)CC5)(C(F)(F)F)C(F)(F)F)CC4)c(=O)c3cc2c1=O. The Labute approximate surface area is 249 Å². The maximum Gasteiger partial charge on any atom is 0.403 e. The number of hydrogen-bond acceptors (Lipinski definition) is 4. The third-order valence-electron chi connectivity index (χ3n) is 10.7. The Kier molecular flexibility index (Phi) is 7.80. The molecule has 1 aromatic carbocycles. The highest BCUT2D eigenvalue weighted by Gasteiger charge is 2.76. The summed E-state index contributed by atoms with van der Waals surface area (Å²) in [5.74, 6) is -3.32. The smallest absolute Gasteiger partial charge is 0.272 e. The first-order valence-electron chi connectivity index (χ1n) is 15.3. The van der Waals surface area contributed by atoms with Gasteiger partial charge in [-0.05, 0) is 101 Å². The Morgan fingerprint density at radius 2 is 0.932 bits per heavy atom. The summed E-state index contributed by atoms with van der Waals surface area (Å²) in [6.45, 7) is 9.13. The van der Waals surface area contributed by atoms with Gasteiger partial charge in [-0.3, -0.25) is 28.3 Å². The second kappa shape index (κ2) is 10.6. The van der Waals surface area contributed by atoms with E-state index in [0.717, 1.165) is 9.13 Å². The molecule has 0 radical (unpaired) electrons. The van der Waals surface area contributed by atoms with E-state index < -0.39 is 76.8 Å². The average Bonchev–Trinajstić information content (AvgIpc) is 3.30. The number of nitrogens with zero attached hydrogens (tertiary/aromatic N) is 2. The molecule has 0 saturated heterocycles. The van der Waals surface area contributed by atoms with Crippen LogP contribution in [0.25, 0.3) is 21.5 Å². The molecule has 2 aliphatic rings. The highest BCUT2D eigenvalue weighted by atomic mass is 19.4. The van der Waals surface area contributed by atoms with Gasteiger partial charge in [-0.25, -0.2) is 0 Å². The molecule has 0 N–H and O–H groups in total. The molecule has 0 aliphatic heterocycles. The van der Waals surface area contributed by atoms with E-state index in [1.807, 2.05) is 20.8 Å². The first-order chi connectivity index (χ1) is 20.2. The standard InChI is InChI=1S/C32H38F6N2O4/c1-16(2)39-25(41)21-14-23-24(15-22(21)26(39)42)28(44)40(27(23)43)20-12-10-19(11-13-20)30(31(33,34)35,32(36,37)38)18-8-6-17(7-9-18)29(3,4)5/h14-20H,6-13H2,1-5H3. The van der Waals surface area contributed by atoms with Crippen LogP contribution in [0.4, 0.5) is 26.3 Å². The lowest BCUT2D eigenvalue weighted by molar-refractivity contribution is -0.382. The third-order valence-corrected chi connectivity index (χ3v) is 10.7. The average molecular weight is 629 g/mol. The van der Waals surface area contributed by atoms with Crippen molar-refractivity contribution in [2.45, 2.75) is 110 Å². The van der Waals surface area contributed by atoms with Crippen LogP contribution in [-0.4, -0.2) is 21.5 Å². The molecule has 0 bridgehead atoms. The molecule has 0 unspecified atom stereocenters. The second-order valence-corrected chi connectivity index (χ2v) is 14.3.